The summed E-state index contributed by atoms with van der Waals surface area (Å²) in [5.41, 5.74) is 1.92. The molecule has 0 aliphatic carbocycles. The monoisotopic (exact) mass is 341 g/mol. The van der Waals surface area contributed by atoms with E-state index in [4.69, 9.17) is 0 Å². The van der Waals surface area contributed by atoms with Crippen molar-refractivity contribution in [3.63, 3.8) is 0 Å². The Morgan fingerprint density at radius 2 is 1.88 bits per heavy atom. The van der Waals surface area contributed by atoms with Crippen molar-refractivity contribution in [3.05, 3.63) is 45.1 Å². The van der Waals surface area contributed by atoms with E-state index in [-0.39, 0.29) is 17.2 Å². The van der Waals surface area contributed by atoms with Crippen LogP contribution >= 0.6 is 0 Å². The van der Waals surface area contributed by atoms with E-state index < -0.39 is 0 Å². The molecule has 7 nitrogen and oxygen atoms in total. The lowest BCUT2D eigenvalue weighted by Crippen LogP contribution is -2.38. The van der Waals surface area contributed by atoms with Crippen LogP contribution in [0.3, 0.4) is 0 Å². The SMILES string of the molecule is CC(C)Cn1c(=O)n(C)c(=O)c2[nH]c(-c3ccccc3N(C)C)nc21. The number of nitrogens with one attached hydrogen (secondary N) is 1. The molecule has 0 aliphatic heterocycles. The minimum absolute atomic E-state index is 0.257. The van der Waals surface area contributed by atoms with E-state index in [1.54, 1.807) is 4.57 Å². The lowest BCUT2D eigenvalue weighted by Gasteiger charge is -2.15. The Hall–Kier alpha value is -2.83. The fourth-order valence-electron chi connectivity index (χ4n) is 2.96. The molecule has 0 atom stereocenters. The number of nitrogens with zero attached hydrogens (tertiary/aromatic N) is 4. The second-order valence-corrected chi connectivity index (χ2v) is 6.85. The largest absolute Gasteiger partial charge is 0.377 e. The van der Waals surface area contributed by atoms with Gasteiger partial charge < -0.3 is 9.88 Å². The first-order chi connectivity index (χ1) is 11.8. The summed E-state index contributed by atoms with van der Waals surface area (Å²) in [5.74, 6) is 0.840. The summed E-state index contributed by atoms with van der Waals surface area (Å²) in [7, 11) is 5.40. The highest BCUT2D eigenvalue weighted by Gasteiger charge is 2.18. The topological polar surface area (TPSA) is 75.9 Å². The zero-order valence-electron chi connectivity index (χ0n) is 15.2. The molecule has 7 heteroatoms. The third-order valence-electron chi connectivity index (χ3n) is 4.17. The lowest BCUT2D eigenvalue weighted by atomic mass is 10.1. The second kappa shape index (κ2) is 6.23. The van der Waals surface area contributed by atoms with Crippen molar-refractivity contribution in [2.24, 2.45) is 13.0 Å². The molecule has 0 saturated carbocycles. The molecule has 2 heterocycles. The van der Waals surface area contributed by atoms with Gasteiger partial charge in [-0.15, -0.1) is 0 Å². The molecule has 3 aromatic rings. The first kappa shape index (κ1) is 17.0. The van der Waals surface area contributed by atoms with E-state index in [1.165, 1.54) is 7.05 Å². The molecule has 0 bridgehead atoms. The number of hydrogen-bond acceptors (Lipinski definition) is 4. The summed E-state index contributed by atoms with van der Waals surface area (Å²) in [4.78, 5) is 34.8. The minimum atomic E-state index is -0.360. The van der Waals surface area contributed by atoms with Crippen molar-refractivity contribution >= 4 is 16.9 Å². The highest BCUT2D eigenvalue weighted by Crippen LogP contribution is 2.28. The van der Waals surface area contributed by atoms with Crippen LogP contribution in [0.1, 0.15) is 13.8 Å². The molecule has 132 valence electrons. The van der Waals surface area contributed by atoms with E-state index >= 15 is 0 Å². The molecule has 1 aromatic carbocycles. The molecule has 0 amide bonds. The fourth-order valence-corrected chi connectivity index (χ4v) is 2.96. The number of anilines is 1. The molecule has 0 radical (unpaired) electrons. The van der Waals surface area contributed by atoms with Gasteiger partial charge in [0.15, 0.2) is 5.65 Å². The predicted molar refractivity (Wildman–Crippen MR) is 100 cm³/mol. The molecule has 0 aliphatic rings. The Bertz CT molecular complexity index is 1040. The van der Waals surface area contributed by atoms with Gasteiger partial charge in [-0.05, 0) is 18.1 Å². The molecular weight excluding hydrogens is 318 g/mol. The maximum Gasteiger partial charge on any atom is 0.332 e. The van der Waals surface area contributed by atoms with Crippen molar-refractivity contribution < 1.29 is 0 Å². The van der Waals surface area contributed by atoms with Gasteiger partial charge >= 0.3 is 5.69 Å². The summed E-state index contributed by atoms with van der Waals surface area (Å²) in [6, 6.07) is 7.81. The van der Waals surface area contributed by atoms with Crippen LogP contribution in [-0.2, 0) is 13.6 Å². The van der Waals surface area contributed by atoms with Crippen LogP contribution < -0.4 is 16.1 Å². The molecule has 0 fully saturated rings. The molecule has 0 spiro atoms. The van der Waals surface area contributed by atoms with E-state index in [9.17, 15) is 9.59 Å². The lowest BCUT2D eigenvalue weighted by molar-refractivity contribution is 0.500. The highest BCUT2D eigenvalue weighted by molar-refractivity contribution is 5.81. The number of imidazole rings is 1. The summed E-state index contributed by atoms with van der Waals surface area (Å²) in [6.07, 6.45) is 0. The third kappa shape index (κ3) is 2.86. The molecule has 25 heavy (non-hydrogen) atoms. The second-order valence-electron chi connectivity index (χ2n) is 6.85. The van der Waals surface area contributed by atoms with Gasteiger partial charge in [-0.2, -0.15) is 0 Å². The minimum Gasteiger partial charge on any atom is -0.377 e. The average Bonchev–Trinajstić information content (AvgIpc) is 3.01. The first-order valence-corrected chi connectivity index (χ1v) is 8.27. The fraction of sp³-hybridized carbons (Fsp3) is 0.389. The normalized spacial score (nSPS) is 11.4. The maximum atomic E-state index is 12.5. The number of fused-ring (bicyclic) bond motifs is 1. The van der Waals surface area contributed by atoms with Gasteiger partial charge in [-0.25, -0.2) is 9.78 Å². The zero-order chi connectivity index (χ0) is 18.3. The first-order valence-electron chi connectivity index (χ1n) is 8.27. The van der Waals surface area contributed by atoms with Gasteiger partial charge in [0.2, 0.25) is 0 Å². The van der Waals surface area contributed by atoms with Crippen molar-refractivity contribution in [2.75, 3.05) is 19.0 Å². The van der Waals surface area contributed by atoms with Gasteiger partial charge in [-0.1, -0.05) is 26.0 Å². The standard InChI is InChI=1S/C18H23N5O2/c1-11(2)10-23-16-14(17(24)22(5)18(23)25)19-15(20-16)12-8-6-7-9-13(12)21(3)4/h6-9,11H,10H2,1-5H3,(H,19,20). The highest BCUT2D eigenvalue weighted by atomic mass is 16.2. The molecule has 1 N–H and O–H groups in total. The molecule has 3 rings (SSSR count). The van der Waals surface area contributed by atoms with Crippen LogP contribution in [0, 0.1) is 5.92 Å². The van der Waals surface area contributed by atoms with Crippen LogP contribution in [0.2, 0.25) is 0 Å². The van der Waals surface area contributed by atoms with Gasteiger partial charge in [0.25, 0.3) is 5.56 Å². The Morgan fingerprint density at radius 3 is 2.52 bits per heavy atom. The number of benzene rings is 1. The van der Waals surface area contributed by atoms with Crippen LogP contribution in [0.15, 0.2) is 33.9 Å². The maximum absolute atomic E-state index is 12.5. The zero-order valence-corrected chi connectivity index (χ0v) is 15.2. The summed E-state index contributed by atoms with van der Waals surface area (Å²) in [5, 5.41) is 0. The van der Waals surface area contributed by atoms with Crippen molar-refractivity contribution in [1.82, 2.24) is 19.1 Å². The predicted octanol–water partition coefficient (Wildman–Crippen LogP) is 1.81. The Balaban J connectivity index is 2.33. The Kier molecular flexibility index (Phi) is 4.24. The van der Waals surface area contributed by atoms with E-state index in [0.29, 0.717) is 23.5 Å². The van der Waals surface area contributed by atoms with Crippen LogP contribution in [0.4, 0.5) is 5.69 Å². The van der Waals surface area contributed by atoms with Crippen molar-refractivity contribution in [3.8, 4) is 11.4 Å². The number of aromatic amines is 1. The Labute approximate surface area is 145 Å². The van der Waals surface area contributed by atoms with Crippen molar-refractivity contribution in [1.29, 1.82) is 0 Å². The number of para-hydroxylation sites is 1. The molecule has 2 aromatic heterocycles. The third-order valence-corrected chi connectivity index (χ3v) is 4.17. The molecular formula is C18H23N5O2. The van der Waals surface area contributed by atoms with Gasteiger partial charge in [-0.3, -0.25) is 13.9 Å². The number of aromatic nitrogens is 4. The summed E-state index contributed by atoms with van der Waals surface area (Å²) < 4.78 is 2.70. The van der Waals surface area contributed by atoms with Crippen molar-refractivity contribution in [2.45, 2.75) is 20.4 Å². The van der Waals surface area contributed by atoms with E-state index in [1.807, 2.05) is 57.1 Å². The number of rotatable bonds is 4. The summed E-state index contributed by atoms with van der Waals surface area (Å²) in [6.45, 7) is 4.56. The number of H-pyrrole nitrogens is 1. The van der Waals surface area contributed by atoms with Gasteiger partial charge in [0, 0.05) is 38.9 Å². The van der Waals surface area contributed by atoms with E-state index in [0.717, 1.165) is 15.8 Å². The van der Waals surface area contributed by atoms with E-state index in [2.05, 4.69) is 9.97 Å². The summed E-state index contributed by atoms with van der Waals surface area (Å²) >= 11 is 0. The smallest absolute Gasteiger partial charge is 0.332 e. The number of hydrogen-bond donors (Lipinski definition) is 1. The van der Waals surface area contributed by atoms with Gasteiger partial charge in [0.05, 0.1) is 0 Å². The molecule has 0 saturated heterocycles. The average molecular weight is 341 g/mol. The van der Waals surface area contributed by atoms with Crippen LogP contribution in [-0.4, -0.2) is 33.2 Å². The quantitative estimate of drug-likeness (QED) is 0.785. The van der Waals surface area contributed by atoms with Crippen LogP contribution in [0.5, 0.6) is 0 Å². The van der Waals surface area contributed by atoms with Crippen LogP contribution in [0.25, 0.3) is 22.6 Å². The Morgan fingerprint density at radius 1 is 1.20 bits per heavy atom. The molecule has 0 unspecified atom stereocenters. The van der Waals surface area contributed by atoms with Gasteiger partial charge in [0.1, 0.15) is 11.3 Å².